The van der Waals surface area contributed by atoms with Crippen molar-refractivity contribution in [3.63, 3.8) is 0 Å². The first-order chi connectivity index (χ1) is 6.42. The Morgan fingerprint density at radius 1 is 1.38 bits per heavy atom. The standard InChI is InChI=1S/C9H11N3Se/c1-2-13-7-12-9-6-4-3-5-8(9)10-11-12/h3-6H,2,7H2,1H3. The molecular weight excluding hydrogens is 229 g/mol. The number of aromatic nitrogens is 3. The summed E-state index contributed by atoms with van der Waals surface area (Å²) in [6, 6.07) is 8.09. The molecule has 0 aliphatic rings. The van der Waals surface area contributed by atoms with E-state index in [2.05, 4.69) is 23.3 Å². The van der Waals surface area contributed by atoms with Crippen molar-refractivity contribution < 1.29 is 0 Å². The molecule has 0 N–H and O–H groups in total. The SMILES string of the molecule is CC[Se]Cn1nnc2ccccc21. The second-order valence-electron chi connectivity index (χ2n) is 2.70. The van der Waals surface area contributed by atoms with Crippen molar-refractivity contribution in [2.24, 2.45) is 0 Å². The first-order valence-corrected chi connectivity index (χ1v) is 6.70. The van der Waals surface area contributed by atoms with E-state index in [1.165, 1.54) is 5.32 Å². The van der Waals surface area contributed by atoms with E-state index in [0.29, 0.717) is 15.0 Å². The molecule has 0 atom stereocenters. The molecule has 0 fully saturated rings. The van der Waals surface area contributed by atoms with Crippen molar-refractivity contribution in [1.82, 2.24) is 15.0 Å². The van der Waals surface area contributed by atoms with E-state index in [1.807, 2.05) is 22.9 Å². The van der Waals surface area contributed by atoms with Crippen LogP contribution in [0.25, 0.3) is 11.0 Å². The zero-order valence-electron chi connectivity index (χ0n) is 7.47. The summed E-state index contributed by atoms with van der Waals surface area (Å²) in [6.45, 7) is 2.21. The minimum atomic E-state index is 0.649. The Morgan fingerprint density at radius 3 is 3.08 bits per heavy atom. The fraction of sp³-hybridized carbons (Fsp3) is 0.333. The van der Waals surface area contributed by atoms with Gasteiger partial charge in [-0.1, -0.05) is 0 Å². The van der Waals surface area contributed by atoms with Crippen molar-refractivity contribution >= 4 is 26.0 Å². The molecule has 0 bridgehead atoms. The third kappa shape index (κ3) is 1.74. The molecule has 1 aromatic heterocycles. The van der Waals surface area contributed by atoms with E-state index in [0.717, 1.165) is 16.5 Å². The molecule has 0 aliphatic carbocycles. The number of para-hydroxylation sites is 1. The van der Waals surface area contributed by atoms with Crippen LogP contribution in [-0.4, -0.2) is 30.0 Å². The van der Waals surface area contributed by atoms with Crippen LogP contribution in [0.5, 0.6) is 0 Å². The van der Waals surface area contributed by atoms with E-state index < -0.39 is 0 Å². The average molecular weight is 240 g/mol. The molecule has 2 aromatic rings. The topological polar surface area (TPSA) is 30.7 Å². The van der Waals surface area contributed by atoms with Gasteiger partial charge in [0.05, 0.1) is 0 Å². The van der Waals surface area contributed by atoms with Crippen LogP contribution in [0.4, 0.5) is 0 Å². The number of benzene rings is 1. The Morgan fingerprint density at radius 2 is 2.23 bits per heavy atom. The molecule has 4 heteroatoms. The van der Waals surface area contributed by atoms with Crippen molar-refractivity contribution in [2.45, 2.75) is 17.7 Å². The molecule has 0 amide bonds. The zero-order valence-corrected chi connectivity index (χ0v) is 9.19. The van der Waals surface area contributed by atoms with Gasteiger partial charge in [-0.15, -0.1) is 0 Å². The summed E-state index contributed by atoms with van der Waals surface area (Å²) in [5, 5.41) is 9.46. The van der Waals surface area contributed by atoms with Crippen LogP contribution in [0.15, 0.2) is 24.3 Å². The van der Waals surface area contributed by atoms with Crippen molar-refractivity contribution in [3.8, 4) is 0 Å². The Labute approximate surface area is 83.3 Å². The predicted molar refractivity (Wildman–Crippen MR) is 53.8 cm³/mol. The number of hydrogen-bond donors (Lipinski definition) is 0. The van der Waals surface area contributed by atoms with Gasteiger partial charge in [0, 0.05) is 0 Å². The first-order valence-electron chi connectivity index (χ1n) is 4.28. The Balaban J connectivity index is 2.35. The summed E-state index contributed by atoms with van der Waals surface area (Å²) >= 11 is 0.649. The molecule has 68 valence electrons. The summed E-state index contributed by atoms with van der Waals surface area (Å²) in [5.74, 6) is 0. The first kappa shape index (κ1) is 8.73. The van der Waals surface area contributed by atoms with Crippen LogP contribution in [0.3, 0.4) is 0 Å². The van der Waals surface area contributed by atoms with E-state index >= 15 is 0 Å². The zero-order chi connectivity index (χ0) is 9.10. The van der Waals surface area contributed by atoms with Gasteiger partial charge in [0.15, 0.2) is 0 Å². The van der Waals surface area contributed by atoms with Gasteiger partial charge in [-0.05, 0) is 0 Å². The van der Waals surface area contributed by atoms with Crippen LogP contribution >= 0.6 is 0 Å². The van der Waals surface area contributed by atoms with Gasteiger partial charge in [-0.25, -0.2) is 0 Å². The summed E-state index contributed by atoms with van der Waals surface area (Å²) in [4.78, 5) is 0. The van der Waals surface area contributed by atoms with Gasteiger partial charge >= 0.3 is 82.9 Å². The molecule has 2 rings (SSSR count). The monoisotopic (exact) mass is 241 g/mol. The van der Waals surface area contributed by atoms with E-state index in [4.69, 9.17) is 0 Å². The molecule has 0 saturated heterocycles. The maximum absolute atomic E-state index is 4.12. The molecule has 0 spiro atoms. The molecule has 0 aliphatic heterocycles. The van der Waals surface area contributed by atoms with Crippen LogP contribution < -0.4 is 0 Å². The molecule has 0 radical (unpaired) electrons. The van der Waals surface area contributed by atoms with Gasteiger partial charge < -0.3 is 0 Å². The van der Waals surface area contributed by atoms with Gasteiger partial charge in [0.2, 0.25) is 0 Å². The van der Waals surface area contributed by atoms with Crippen LogP contribution in [-0.2, 0) is 5.44 Å². The summed E-state index contributed by atoms with van der Waals surface area (Å²) in [5.41, 5.74) is 3.18. The second-order valence-corrected chi connectivity index (χ2v) is 5.31. The predicted octanol–water partition coefficient (Wildman–Crippen LogP) is 1.53. The molecule has 0 unspecified atom stereocenters. The molecule has 1 aromatic carbocycles. The van der Waals surface area contributed by atoms with Crippen molar-refractivity contribution in [2.75, 3.05) is 0 Å². The molecular formula is C9H11N3Se. The molecule has 0 saturated carbocycles. The van der Waals surface area contributed by atoms with Gasteiger partial charge in [-0.3, -0.25) is 0 Å². The number of rotatable bonds is 3. The van der Waals surface area contributed by atoms with Crippen LogP contribution in [0.2, 0.25) is 5.32 Å². The van der Waals surface area contributed by atoms with Gasteiger partial charge in [-0.2, -0.15) is 0 Å². The summed E-state index contributed by atoms with van der Waals surface area (Å²) < 4.78 is 2.00. The fourth-order valence-corrected chi connectivity index (χ4v) is 2.34. The fourth-order valence-electron chi connectivity index (χ4n) is 1.19. The third-order valence-corrected chi connectivity index (χ3v) is 3.59. The third-order valence-electron chi connectivity index (χ3n) is 1.84. The van der Waals surface area contributed by atoms with Crippen LogP contribution in [0, 0.1) is 0 Å². The van der Waals surface area contributed by atoms with Crippen molar-refractivity contribution in [3.05, 3.63) is 24.3 Å². The van der Waals surface area contributed by atoms with Crippen molar-refractivity contribution in [1.29, 1.82) is 0 Å². The van der Waals surface area contributed by atoms with Crippen LogP contribution in [0.1, 0.15) is 6.92 Å². The number of hydrogen-bond acceptors (Lipinski definition) is 2. The molecule has 3 nitrogen and oxygen atoms in total. The normalized spacial score (nSPS) is 10.8. The second kappa shape index (κ2) is 3.90. The maximum atomic E-state index is 4.12. The van der Waals surface area contributed by atoms with E-state index in [-0.39, 0.29) is 0 Å². The summed E-state index contributed by atoms with van der Waals surface area (Å²) in [6.07, 6.45) is 0. The van der Waals surface area contributed by atoms with Gasteiger partial charge in [0.1, 0.15) is 0 Å². The quantitative estimate of drug-likeness (QED) is 0.762. The Kier molecular flexibility index (Phi) is 2.62. The minimum absolute atomic E-state index is 0.649. The average Bonchev–Trinajstić information content (AvgIpc) is 2.58. The molecule has 1 heterocycles. The van der Waals surface area contributed by atoms with E-state index in [9.17, 15) is 0 Å². The number of nitrogens with zero attached hydrogens (tertiary/aromatic N) is 3. The summed E-state index contributed by atoms with van der Waals surface area (Å²) in [7, 11) is 0. The van der Waals surface area contributed by atoms with Gasteiger partial charge in [0.25, 0.3) is 0 Å². The van der Waals surface area contributed by atoms with E-state index in [1.54, 1.807) is 0 Å². The Bertz CT molecular complexity index is 396. The number of fused-ring (bicyclic) bond motifs is 1. The Hall–Kier alpha value is -0.861. The molecule has 13 heavy (non-hydrogen) atoms.